The smallest absolute Gasteiger partial charge is 0.317 e. The van der Waals surface area contributed by atoms with Crippen molar-refractivity contribution in [2.75, 3.05) is 0 Å². The number of benzene rings is 3. The van der Waals surface area contributed by atoms with Crippen molar-refractivity contribution in [2.45, 2.75) is 25.4 Å². The fourth-order valence-corrected chi connectivity index (χ4v) is 4.50. The second kappa shape index (κ2) is 8.48. The van der Waals surface area contributed by atoms with Crippen molar-refractivity contribution in [1.82, 2.24) is 4.98 Å². The molecule has 4 rings (SSSR count). The summed E-state index contributed by atoms with van der Waals surface area (Å²) in [5.74, 6) is -0.294. The van der Waals surface area contributed by atoms with Crippen LogP contribution in [0.25, 0.3) is 10.2 Å². The Kier molecular flexibility index (Phi) is 5.60. The second-order valence-corrected chi connectivity index (χ2v) is 8.45. The first-order valence-electron chi connectivity index (χ1n) is 9.65. The van der Waals surface area contributed by atoms with Crippen molar-refractivity contribution in [2.24, 2.45) is 0 Å². The fourth-order valence-electron chi connectivity index (χ4n) is 3.38. The Morgan fingerprint density at radius 3 is 2.43 bits per heavy atom. The van der Waals surface area contributed by atoms with Gasteiger partial charge in [-0.3, -0.25) is 4.79 Å². The predicted molar refractivity (Wildman–Crippen MR) is 118 cm³/mol. The fraction of sp³-hybridized carbons (Fsp3) is 0.160. The third-order valence-corrected chi connectivity index (χ3v) is 6.19. The highest BCUT2D eigenvalue weighted by Gasteiger charge is 2.38. The Morgan fingerprint density at radius 1 is 1.03 bits per heavy atom. The lowest BCUT2D eigenvalue weighted by molar-refractivity contribution is -0.151. The van der Waals surface area contributed by atoms with Crippen LogP contribution in [0.2, 0.25) is 0 Å². The van der Waals surface area contributed by atoms with Gasteiger partial charge < -0.3 is 4.74 Å². The molecule has 1 aromatic heterocycles. The number of carbonyl (C=O) groups is 1. The molecule has 0 saturated heterocycles. The molecule has 0 aliphatic rings. The van der Waals surface area contributed by atoms with Gasteiger partial charge in [0.25, 0.3) is 0 Å². The average molecular weight is 413 g/mol. The molecule has 0 saturated carbocycles. The molecule has 0 N–H and O–H groups in total. The molecule has 0 spiro atoms. The Morgan fingerprint density at radius 2 is 1.73 bits per heavy atom. The molecular formula is C25H20N2O2S. The monoisotopic (exact) mass is 412 g/mol. The zero-order chi connectivity index (χ0) is 21.0. The number of fused-ring (bicyclic) bond motifs is 1. The number of para-hydroxylation sites is 1. The lowest BCUT2D eigenvalue weighted by Crippen LogP contribution is -2.36. The van der Waals surface area contributed by atoms with E-state index in [0.717, 1.165) is 26.4 Å². The summed E-state index contributed by atoms with van der Waals surface area (Å²) in [4.78, 5) is 18.0. The van der Waals surface area contributed by atoms with Crippen molar-refractivity contribution in [3.63, 3.8) is 0 Å². The number of esters is 1. The minimum atomic E-state index is -0.859. The maximum Gasteiger partial charge on any atom is 0.317 e. The molecule has 3 aromatic carbocycles. The molecule has 0 bridgehead atoms. The van der Waals surface area contributed by atoms with Gasteiger partial charge >= 0.3 is 5.97 Å². The second-order valence-electron chi connectivity index (χ2n) is 7.34. The SMILES string of the molecule is C[C@](Cc1nc2ccccc2s1)(C(=O)OCc1ccc(C#N)cc1)c1ccccc1. The maximum atomic E-state index is 13.3. The number of aromatic nitrogens is 1. The first-order chi connectivity index (χ1) is 14.6. The van der Waals surface area contributed by atoms with Crippen LogP contribution >= 0.6 is 11.3 Å². The van der Waals surface area contributed by atoms with Crippen molar-refractivity contribution >= 4 is 27.5 Å². The van der Waals surface area contributed by atoms with E-state index < -0.39 is 5.41 Å². The third-order valence-electron chi connectivity index (χ3n) is 5.16. The summed E-state index contributed by atoms with van der Waals surface area (Å²) in [6.45, 7) is 2.07. The third kappa shape index (κ3) is 4.10. The summed E-state index contributed by atoms with van der Waals surface area (Å²) in [6, 6.07) is 26.8. The standard InChI is InChI=1S/C25H20N2O2S/c1-25(20-7-3-2-4-8-20,15-23-27-21-9-5-6-10-22(21)30-23)24(28)29-17-19-13-11-18(16-26)12-14-19/h2-14H,15,17H2,1H3/t25-/m1/s1. The summed E-state index contributed by atoms with van der Waals surface area (Å²) in [5.41, 5.74) is 2.41. The van der Waals surface area contributed by atoms with Crippen LogP contribution in [0.1, 0.15) is 28.6 Å². The quantitative estimate of drug-likeness (QED) is 0.397. The van der Waals surface area contributed by atoms with Crippen molar-refractivity contribution in [3.05, 3.63) is 101 Å². The molecule has 0 fully saturated rings. The van der Waals surface area contributed by atoms with E-state index in [9.17, 15) is 4.79 Å². The van der Waals surface area contributed by atoms with E-state index >= 15 is 0 Å². The van der Waals surface area contributed by atoms with E-state index in [1.165, 1.54) is 0 Å². The van der Waals surface area contributed by atoms with E-state index in [1.54, 1.807) is 35.6 Å². The maximum absolute atomic E-state index is 13.3. The molecule has 4 aromatic rings. The molecule has 4 nitrogen and oxygen atoms in total. The molecule has 1 atom stereocenters. The average Bonchev–Trinajstić information content (AvgIpc) is 3.20. The largest absolute Gasteiger partial charge is 0.460 e. The number of ether oxygens (including phenoxy) is 1. The molecule has 0 amide bonds. The van der Waals surface area contributed by atoms with Crippen LogP contribution < -0.4 is 0 Å². The lowest BCUT2D eigenvalue weighted by atomic mass is 9.79. The molecule has 0 aliphatic heterocycles. The van der Waals surface area contributed by atoms with E-state index in [4.69, 9.17) is 15.0 Å². The van der Waals surface area contributed by atoms with Gasteiger partial charge in [0.2, 0.25) is 0 Å². The Labute approximate surface area is 179 Å². The van der Waals surface area contributed by atoms with Crippen LogP contribution in [0.3, 0.4) is 0 Å². The number of hydrogen-bond acceptors (Lipinski definition) is 5. The van der Waals surface area contributed by atoms with Gasteiger partial charge in [-0.25, -0.2) is 4.98 Å². The zero-order valence-corrected chi connectivity index (χ0v) is 17.4. The summed E-state index contributed by atoms with van der Waals surface area (Å²) in [7, 11) is 0. The van der Waals surface area contributed by atoms with E-state index in [0.29, 0.717) is 12.0 Å². The van der Waals surface area contributed by atoms with Gasteiger partial charge in [0.05, 0.1) is 32.3 Å². The minimum absolute atomic E-state index is 0.160. The summed E-state index contributed by atoms with van der Waals surface area (Å²) in [6.07, 6.45) is 0.461. The highest BCUT2D eigenvalue weighted by molar-refractivity contribution is 7.18. The van der Waals surface area contributed by atoms with Crippen LogP contribution in [0, 0.1) is 11.3 Å². The highest BCUT2D eigenvalue weighted by atomic mass is 32.1. The van der Waals surface area contributed by atoms with Crippen molar-refractivity contribution < 1.29 is 9.53 Å². The van der Waals surface area contributed by atoms with Crippen LogP contribution in [0.5, 0.6) is 0 Å². The lowest BCUT2D eigenvalue weighted by Gasteiger charge is -2.27. The number of carbonyl (C=O) groups excluding carboxylic acids is 1. The van der Waals surface area contributed by atoms with Crippen LogP contribution in [0.4, 0.5) is 0 Å². The first kappa shape index (κ1) is 19.8. The molecule has 0 radical (unpaired) electrons. The number of hydrogen-bond donors (Lipinski definition) is 0. The van der Waals surface area contributed by atoms with Crippen molar-refractivity contribution in [3.8, 4) is 6.07 Å². The Bertz CT molecular complexity index is 1180. The zero-order valence-electron chi connectivity index (χ0n) is 16.5. The number of nitriles is 1. The summed E-state index contributed by atoms with van der Waals surface area (Å²) < 4.78 is 6.83. The van der Waals surface area contributed by atoms with E-state index in [2.05, 4.69) is 6.07 Å². The van der Waals surface area contributed by atoms with Gasteiger partial charge in [0.1, 0.15) is 6.61 Å². The van der Waals surface area contributed by atoms with Crippen LogP contribution in [-0.4, -0.2) is 11.0 Å². The van der Waals surface area contributed by atoms with Gasteiger partial charge in [-0.05, 0) is 42.3 Å². The van der Waals surface area contributed by atoms with E-state index in [1.807, 2.05) is 61.5 Å². The Hall–Kier alpha value is -3.49. The molecule has 5 heteroatoms. The van der Waals surface area contributed by atoms with Gasteiger partial charge in [0, 0.05) is 6.42 Å². The highest BCUT2D eigenvalue weighted by Crippen LogP contribution is 2.33. The molecular weight excluding hydrogens is 392 g/mol. The van der Waals surface area contributed by atoms with Crippen molar-refractivity contribution in [1.29, 1.82) is 5.26 Å². The number of thiazole rings is 1. The van der Waals surface area contributed by atoms with Crippen LogP contribution in [0.15, 0.2) is 78.9 Å². The normalized spacial score (nSPS) is 12.8. The predicted octanol–water partition coefficient (Wildman–Crippen LogP) is 5.41. The summed E-state index contributed by atoms with van der Waals surface area (Å²) >= 11 is 1.61. The topological polar surface area (TPSA) is 63.0 Å². The Balaban J connectivity index is 1.59. The van der Waals surface area contributed by atoms with Gasteiger partial charge in [-0.15, -0.1) is 11.3 Å². The van der Waals surface area contributed by atoms with Crippen LogP contribution in [-0.2, 0) is 28.0 Å². The van der Waals surface area contributed by atoms with Gasteiger partial charge in [0.15, 0.2) is 0 Å². The first-order valence-corrected chi connectivity index (χ1v) is 10.5. The molecule has 1 heterocycles. The molecule has 0 unspecified atom stereocenters. The minimum Gasteiger partial charge on any atom is -0.460 e. The number of nitrogens with zero attached hydrogens (tertiary/aromatic N) is 2. The molecule has 30 heavy (non-hydrogen) atoms. The molecule has 148 valence electrons. The van der Waals surface area contributed by atoms with E-state index in [-0.39, 0.29) is 12.6 Å². The molecule has 0 aliphatic carbocycles. The van der Waals surface area contributed by atoms with Gasteiger partial charge in [-0.2, -0.15) is 5.26 Å². The summed E-state index contributed by atoms with van der Waals surface area (Å²) in [5, 5.41) is 9.83. The van der Waals surface area contributed by atoms with Gasteiger partial charge in [-0.1, -0.05) is 54.6 Å². The number of rotatable bonds is 6.